The molecule has 0 spiro atoms. The van der Waals surface area contributed by atoms with Crippen molar-refractivity contribution in [2.24, 2.45) is 5.92 Å². The minimum absolute atomic E-state index is 0.0964. The summed E-state index contributed by atoms with van der Waals surface area (Å²) < 4.78 is 74.0. The molecular weight excluding hydrogens is 669 g/mol. The zero-order valence-electron chi connectivity index (χ0n) is 28.4. The molecular formula is C37H43F3N4O5S. The number of hydrogen-bond acceptors (Lipinski definition) is 6. The number of carbonyl (C=O) groups is 2. The maximum atomic E-state index is 14.8. The van der Waals surface area contributed by atoms with E-state index >= 15 is 0 Å². The van der Waals surface area contributed by atoms with Crippen LogP contribution in [0.2, 0.25) is 0 Å². The number of piperazine rings is 1. The van der Waals surface area contributed by atoms with E-state index in [-0.39, 0.29) is 30.1 Å². The Morgan fingerprint density at radius 3 is 2.44 bits per heavy atom. The number of likely N-dealkylation sites (N-methyl/N-ethyl adjacent to an activating group) is 1. The zero-order valence-corrected chi connectivity index (χ0v) is 29.2. The molecule has 1 aromatic heterocycles. The van der Waals surface area contributed by atoms with Crippen molar-refractivity contribution in [3.8, 4) is 5.75 Å². The first-order valence-electron chi connectivity index (χ1n) is 17.8. The predicted octanol–water partition coefficient (Wildman–Crippen LogP) is 5.68. The topological polar surface area (TPSA) is 101 Å². The summed E-state index contributed by atoms with van der Waals surface area (Å²) in [5.41, 5.74) is 5.41. The lowest BCUT2D eigenvalue weighted by atomic mass is 9.75. The SMILES string of the molecule is COc1ccc(C2CCCCC2)c2c1cc1n2CC2=C(C(=O)NS(=O)(=O)CCC(F)(F)F)C2=C2C=CC[C@@H](C(=O)N3C4CCC3CN(C)C4)C21. The number of nitrogens with one attached hydrogen (secondary N) is 1. The van der Waals surface area contributed by atoms with Gasteiger partial charge in [0.25, 0.3) is 5.91 Å². The fourth-order valence-corrected chi connectivity index (χ4v) is 10.7. The Morgan fingerprint density at radius 2 is 1.76 bits per heavy atom. The maximum absolute atomic E-state index is 14.8. The first-order valence-corrected chi connectivity index (χ1v) is 19.5. The lowest BCUT2D eigenvalue weighted by Crippen LogP contribution is -2.56. The van der Waals surface area contributed by atoms with E-state index in [0.29, 0.717) is 23.5 Å². The average Bonchev–Trinajstić information content (AvgIpc) is 3.61. The van der Waals surface area contributed by atoms with Crippen LogP contribution in [0.4, 0.5) is 13.2 Å². The number of carbonyl (C=O) groups excluding carboxylic acids is 2. The Hall–Kier alpha value is -3.58. The van der Waals surface area contributed by atoms with Gasteiger partial charge in [-0.15, -0.1) is 0 Å². The van der Waals surface area contributed by atoms with Crippen molar-refractivity contribution < 1.29 is 35.9 Å². The Balaban J connectivity index is 1.25. The van der Waals surface area contributed by atoms with Gasteiger partial charge in [-0.1, -0.05) is 37.5 Å². The average molecular weight is 713 g/mol. The van der Waals surface area contributed by atoms with Gasteiger partial charge in [0.05, 0.1) is 36.3 Å². The molecule has 4 heterocycles. The molecule has 3 fully saturated rings. The highest BCUT2D eigenvalue weighted by Crippen LogP contribution is 2.55. The molecule has 50 heavy (non-hydrogen) atoms. The molecule has 3 aliphatic carbocycles. The Bertz CT molecular complexity index is 1960. The highest BCUT2D eigenvalue weighted by molar-refractivity contribution is 7.90. The Morgan fingerprint density at radius 1 is 1.04 bits per heavy atom. The standard InChI is InChI=1S/C37H43F3N4O5S/c1-42-18-22-11-12-23(19-42)44(22)36(46)26-10-6-9-25-31(26)29-17-27-30(49-2)14-13-24(21-7-4-3-5-8-21)34(27)43(29)20-28-32(25)33(28)35(45)41-50(47,48)16-15-37(38,39)40/h6,9,13-14,17,21-23,26,31H,3-5,7-8,10-12,15-16,18-20H2,1-2H3,(H,41,45)/t22?,23?,26-,31?/m1/s1. The molecule has 2 bridgehead atoms. The van der Waals surface area contributed by atoms with E-state index in [2.05, 4.69) is 33.5 Å². The highest BCUT2D eigenvalue weighted by atomic mass is 32.2. The van der Waals surface area contributed by atoms with Crippen LogP contribution in [0.5, 0.6) is 5.75 Å². The van der Waals surface area contributed by atoms with Crippen LogP contribution in [0.25, 0.3) is 10.9 Å². The fraction of sp³-hybridized carbons (Fsp3) is 0.568. The normalized spacial score (nSPS) is 26.9. The molecule has 3 aliphatic heterocycles. The van der Waals surface area contributed by atoms with Crippen molar-refractivity contribution in [2.45, 2.75) is 94.4 Å². The summed E-state index contributed by atoms with van der Waals surface area (Å²) in [6.07, 6.45) is 5.72. The number of alkyl halides is 3. The number of rotatable bonds is 7. The third kappa shape index (κ3) is 5.78. The van der Waals surface area contributed by atoms with E-state index in [1.165, 1.54) is 12.0 Å². The van der Waals surface area contributed by atoms with Gasteiger partial charge in [0, 0.05) is 48.7 Å². The molecule has 2 amide bonds. The van der Waals surface area contributed by atoms with Crippen molar-refractivity contribution >= 4 is 32.7 Å². The largest absolute Gasteiger partial charge is 0.496 e. The number of allylic oxidation sites excluding steroid dienone is 4. The van der Waals surface area contributed by atoms with Crippen molar-refractivity contribution in [3.63, 3.8) is 0 Å². The van der Waals surface area contributed by atoms with Gasteiger partial charge in [0.15, 0.2) is 0 Å². The molecule has 9 nitrogen and oxygen atoms in total. The number of nitrogens with zero attached hydrogens (tertiary/aromatic N) is 3. The number of fused-ring (bicyclic) bond motifs is 8. The maximum Gasteiger partial charge on any atom is 0.390 e. The van der Waals surface area contributed by atoms with Gasteiger partial charge in [0.2, 0.25) is 15.9 Å². The van der Waals surface area contributed by atoms with Gasteiger partial charge >= 0.3 is 6.18 Å². The number of likely N-dealkylation sites (tertiary alicyclic amines) is 1. The van der Waals surface area contributed by atoms with Gasteiger partial charge in [-0.2, -0.15) is 13.2 Å². The number of hydrogen-bond donors (Lipinski definition) is 1. The smallest absolute Gasteiger partial charge is 0.390 e. The monoisotopic (exact) mass is 712 g/mol. The Kier molecular flexibility index (Phi) is 8.24. The first-order chi connectivity index (χ1) is 23.8. The predicted molar refractivity (Wildman–Crippen MR) is 182 cm³/mol. The molecule has 1 saturated carbocycles. The van der Waals surface area contributed by atoms with Crippen molar-refractivity contribution in [1.29, 1.82) is 0 Å². The third-order valence-electron chi connectivity index (χ3n) is 11.9. The molecule has 3 unspecified atom stereocenters. The summed E-state index contributed by atoms with van der Waals surface area (Å²) in [6, 6.07) is 6.58. The second-order valence-electron chi connectivity index (χ2n) is 15.0. The van der Waals surface area contributed by atoms with Crippen molar-refractivity contribution in [3.05, 3.63) is 63.9 Å². The Labute approximate surface area is 290 Å². The molecule has 0 radical (unpaired) electrons. The second-order valence-corrected chi connectivity index (χ2v) is 16.8. The molecule has 1 N–H and O–H groups in total. The van der Waals surface area contributed by atoms with Crippen LogP contribution in [0.3, 0.4) is 0 Å². The zero-order chi connectivity index (χ0) is 35.1. The highest BCUT2D eigenvalue weighted by Gasteiger charge is 2.51. The van der Waals surface area contributed by atoms with Gasteiger partial charge in [0.1, 0.15) is 5.75 Å². The molecule has 4 atom stereocenters. The lowest BCUT2D eigenvalue weighted by Gasteiger charge is -2.43. The van der Waals surface area contributed by atoms with E-state index in [4.69, 9.17) is 4.74 Å². The van der Waals surface area contributed by atoms with E-state index < -0.39 is 46.1 Å². The first kappa shape index (κ1) is 33.6. The summed E-state index contributed by atoms with van der Waals surface area (Å²) >= 11 is 0. The molecule has 2 aromatic rings. The molecule has 1 aromatic carbocycles. The lowest BCUT2D eigenvalue weighted by molar-refractivity contribution is -0.141. The van der Waals surface area contributed by atoms with Crippen LogP contribution in [0.1, 0.15) is 80.9 Å². The summed E-state index contributed by atoms with van der Waals surface area (Å²) in [6.45, 7) is 1.93. The van der Waals surface area contributed by atoms with Crippen LogP contribution in [0, 0.1) is 5.92 Å². The molecule has 268 valence electrons. The van der Waals surface area contributed by atoms with Crippen LogP contribution in [-0.2, 0) is 26.2 Å². The molecule has 8 rings (SSSR count). The quantitative estimate of drug-likeness (QED) is 0.397. The van der Waals surface area contributed by atoms with Crippen molar-refractivity contribution in [2.75, 3.05) is 33.0 Å². The summed E-state index contributed by atoms with van der Waals surface area (Å²) in [5.74, 6) is -1.86. The number of ether oxygens (including phenoxy) is 1. The van der Waals surface area contributed by atoms with Gasteiger partial charge < -0.3 is 19.1 Å². The van der Waals surface area contributed by atoms with Gasteiger partial charge in [-0.05, 0) is 79.5 Å². The van der Waals surface area contributed by atoms with E-state index in [1.807, 2.05) is 22.9 Å². The minimum Gasteiger partial charge on any atom is -0.496 e. The van der Waals surface area contributed by atoms with E-state index in [1.54, 1.807) is 7.11 Å². The summed E-state index contributed by atoms with van der Waals surface area (Å²) in [5, 5.41) is 0.941. The molecule has 6 aliphatic rings. The van der Waals surface area contributed by atoms with Crippen molar-refractivity contribution in [1.82, 2.24) is 19.1 Å². The van der Waals surface area contributed by atoms with Crippen LogP contribution >= 0.6 is 0 Å². The second kappa shape index (κ2) is 12.3. The van der Waals surface area contributed by atoms with E-state index in [0.717, 1.165) is 79.5 Å². The fourth-order valence-electron chi connectivity index (χ4n) is 9.67. The molecule has 2 saturated heterocycles. The van der Waals surface area contributed by atoms with Gasteiger partial charge in [-0.3, -0.25) is 9.59 Å². The minimum atomic E-state index is -4.68. The molecule has 13 heteroatoms. The van der Waals surface area contributed by atoms with Gasteiger partial charge in [-0.25, -0.2) is 13.1 Å². The number of sulfonamides is 1. The number of aromatic nitrogens is 1. The van der Waals surface area contributed by atoms with Crippen LogP contribution in [-0.4, -0.2) is 85.9 Å². The number of methoxy groups -OCH3 is 1. The van der Waals surface area contributed by atoms with E-state index in [9.17, 15) is 31.2 Å². The number of benzene rings is 1. The number of halogens is 3. The third-order valence-corrected chi connectivity index (χ3v) is 13.1. The van der Waals surface area contributed by atoms with Crippen LogP contribution < -0.4 is 9.46 Å². The van der Waals surface area contributed by atoms with Crippen LogP contribution in [0.15, 0.2) is 52.6 Å². The summed E-state index contributed by atoms with van der Waals surface area (Å²) in [7, 11) is -0.808. The summed E-state index contributed by atoms with van der Waals surface area (Å²) in [4.78, 5) is 32.8. The number of amides is 2.